The first-order valence-electron chi connectivity index (χ1n) is 8.83. The zero-order valence-corrected chi connectivity index (χ0v) is 18.6. The van der Waals surface area contributed by atoms with Crippen LogP contribution in [0.1, 0.15) is 49.9 Å². The number of hydrogen-bond donors (Lipinski definition) is 2. The number of rotatable bonds is 5. The third kappa shape index (κ3) is 6.39. The molecular weight excluding hydrogens is 469 g/mol. The van der Waals surface area contributed by atoms with Crippen LogP contribution in [0.3, 0.4) is 0 Å². The summed E-state index contributed by atoms with van der Waals surface area (Å²) in [7, 11) is -2.83. The van der Waals surface area contributed by atoms with Crippen LogP contribution in [0.4, 0.5) is 0 Å². The van der Waals surface area contributed by atoms with Gasteiger partial charge < -0.3 is 10.6 Å². The Morgan fingerprint density at radius 2 is 2.12 bits per heavy atom. The van der Waals surface area contributed by atoms with Crippen LogP contribution in [0.5, 0.6) is 0 Å². The molecule has 1 saturated heterocycles. The van der Waals surface area contributed by atoms with Gasteiger partial charge in [0, 0.05) is 17.5 Å². The third-order valence-electron chi connectivity index (χ3n) is 4.85. The second-order valence-corrected chi connectivity index (χ2v) is 10.2. The highest BCUT2D eigenvalue weighted by molar-refractivity contribution is 14.0. The van der Waals surface area contributed by atoms with Crippen LogP contribution in [0.25, 0.3) is 0 Å². The van der Waals surface area contributed by atoms with Gasteiger partial charge in [0.2, 0.25) is 0 Å². The molecule has 0 amide bonds. The molecule has 1 aromatic heterocycles. The molecule has 2 N–H and O–H groups in total. The van der Waals surface area contributed by atoms with Gasteiger partial charge in [0.1, 0.15) is 0 Å². The second kappa shape index (κ2) is 9.55. The molecule has 0 radical (unpaired) electrons. The smallest absolute Gasteiger partial charge is 0.191 e. The van der Waals surface area contributed by atoms with E-state index in [4.69, 9.17) is 4.99 Å². The van der Waals surface area contributed by atoms with Gasteiger partial charge >= 0.3 is 0 Å². The molecule has 1 aliphatic heterocycles. The first-order chi connectivity index (χ1) is 11.5. The minimum absolute atomic E-state index is 0. The van der Waals surface area contributed by atoms with Gasteiger partial charge in [-0.25, -0.2) is 8.42 Å². The quantitative estimate of drug-likeness (QED) is 0.372. The van der Waals surface area contributed by atoms with Gasteiger partial charge in [-0.15, -0.1) is 35.3 Å². The molecule has 3 rings (SSSR count). The van der Waals surface area contributed by atoms with E-state index in [0.29, 0.717) is 18.3 Å². The number of aliphatic imine (C=N–C) groups is 1. The first kappa shape index (κ1) is 21.0. The maximum atomic E-state index is 11.6. The molecule has 8 heteroatoms. The van der Waals surface area contributed by atoms with Crippen molar-refractivity contribution in [1.82, 2.24) is 10.6 Å². The molecule has 5 nitrogen and oxygen atoms in total. The van der Waals surface area contributed by atoms with Gasteiger partial charge in [0.15, 0.2) is 15.8 Å². The number of thiophene rings is 1. The molecule has 25 heavy (non-hydrogen) atoms. The lowest BCUT2D eigenvalue weighted by atomic mass is 10.1. The van der Waals surface area contributed by atoms with Gasteiger partial charge in [0.05, 0.1) is 17.5 Å². The Morgan fingerprint density at radius 3 is 2.72 bits per heavy atom. The SMILES string of the molecule is CC(NC(=NCC1CCS(=O)(=O)C1)NC1CCCC1)c1cccs1.I. The summed E-state index contributed by atoms with van der Waals surface area (Å²) in [6, 6.07) is 4.87. The summed E-state index contributed by atoms with van der Waals surface area (Å²) in [6.45, 7) is 2.72. The molecule has 0 spiro atoms. The summed E-state index contributed by atoms with van der Waals surface area (Å²) in [5.41, 5.74) is 0. The van der Waals surface area contributed by atoms with Crippen molar-refractivity contribution in [1.29, 1.82) is 0 Å². The van der Waals surface area contributed by atoms with Crippen molar-refractivity contribution in [2.24, 2.45) is 10.9 Å². The Labute approximate surface area is 172 Å². The van der Waals surface area contributed by atoms with E-state index in [9.17, 15) is 8.42 Å². The van der Waals surface area contributed by atoms with Crippen LogP contribution in [0.15, 0.2) is 22.5 Å². The van der Waals surface area contributed by atoms with E-state index in [-0.39, 0.29) is 41.7 Å². The predicted molar refractivity (Wildman–Crippen MR) is 116 cm³/mol. The van der Waals surface area contributed by atoms with Crippen LogP contribution in [-0.2, 0) is 9.84 Å². The van der Waals surface area contributed by atoms with Crippen molar-refractivity contribution in [2.45, 2.75) is 51.1 Å². The van der Waals surface area contributed by atoms with Crippen molar-refractivity contribution in [3.63, 3.8) is 0 Å². The van der Waals surface area contributed by atoms with E-state index in [1.807, 2.05) is 0 Å². The topological polar surface area (TPSA) is 70.6 Å². The molecule has 142 valence electrons. The molecule has 1 aromatic rings. The fourth-order valence-electron chi connectivity index (χ4n) is 3.45. The van der Waals surface area contributed by atoms with Crippen molar-refractivity contribution in [3.05, 3.63) is 22.4 Å². The zero-order chi connectivity index (χ0) is 17.0. The van der Waals surface area contributed by atoms with Crippen LogP contribution < -0.4 is 10.6 Å². The Balaban J connectivity index is 0.00000225. The normalized spacial score (nSPS) is 24.7. The molecule has 1 aliphatic carbocycles. The summed E-state index contributed by atoms with van der Waals surface area (Å²) in [4.78, 5) is 6.00. The maximum Gasteiger partial charge on any atom is 0.191 e. The van der Waals surface area contributed by atoms with Crippen LogP contribution >= 0.6 is 35.3 Å². The zero-order valence-electron chi connectivity index (χ0n) is 14.6. The number of nitrogens with zero attached hydrogens (tertiary/aromatic N) is 1. The lowest BCUT2D eigenvalue weighted by Crippen LogP contribution is -2.43. The standard InChI is InChI=1S/C17H27N3O2S2.HI/c1-13(16-7-4-9-23-16)19-17(20-15-5-2-3-6-15)18-11-14-8-10-24(21,22)12-14;/h4,7,9,13-15H,2-3,5-6,8,10-12H2,1H3,(H2,18,19,20);1H. The van der Waals surface area contributed by atoms with Gasteiger partial charge in [-0.1, -0.05) is 18.9 Å². The Bertz CT molecular complexity index is 655. The van der Waals surface area contributed by atoms with Crippen molar-refractivity contribution in [2.75, 3.05) is 18.1 Å². The van der Waals surface area contributed by atoms with Gasteiger partial charge in [0.25, 0.3) is 0 Å². The lowest BCUT2D eigenvalue weighted by Gasteiger charge is -2.21. The van der Waals surface area contributed by atoms with E-state index in [2.05, 4.69) is 35.1 Å². The highest BCUT2D eigenvalue weighted by Gasteiger charge is 2.27. The fourth-order valence-corrected chi connectivity index (χ4v) is 6.03. The monoisotopic (exact) mass is 497 g/mol. The van der Waals surface area contributed by atoms with E-state index in [1.165, 1.54) is 30.6 Å². The Kier molecular flexibility index (Phi) is 8.00. The largest absolute Gasteiger partial charge is 0.354 e. The van der Waals surface area contributed by atoms with Gasteiger partial charge in [-0.3, -0.25) is 4.99 Å². The summed E-state index contributed by atoms with van der Waals surface area (Å²) < 4.78 is 23.2. The summed E-state index contributed by atoms with van der Waals surface area (Å²) in [5, 5.41) is 9.12. The van der Waals surface area contributed by atoms with E-state index in [0.717, 1.165) is 12.4 Å². The molecule has 1 saturated carbocycles. The van der Waals surface area contributed by atoms with E-state index >= 15 is 0 Å². The predicted octanol–water partition coefficient (Wildman–Crippen LogP) is 3.34. The fraction of sp³-hybridized carbons (Fsp3) is 0.706. The molecule has 0 aromatic carbocycles. The van der Waals surface area contributed by atoms with E-state index < -0.39 is 9.84 Å². The average molecular weight is 497 g/mol. The number of guanidine groups is 1. The van der Waals surface area contributed by atoms with Gasteiger partial charge in [-0.05, 0) is 43.6 Å². The third-order valence-corrected chi connectivity index (χ3v) is 7.75. The first-order valence-corrected chi connectivity index (χ1v) is 11.5. The molecule has 0 bridgehead atoms. The number of halogens is 1. The molecule has 2 heterocycles. The lowest BCUT2D eigenvalue weighted by molar-refractivity contribution is 0.573. The second-order valence-electron chi connectivity index (χ2n) is 6.97. The van der Waals surface area contributed by atoms with E-state index in [1.54, 1.807) is 11.3 Å². The molecular formula is C17H28IN3O2S2. The minimum atomic E-state index is -2.83. The maximum absolute atomic E-state index is 11.6. The number of sulfone groups is 1. The molecule has 2 unspecified atom stereocenters. The van der Waals surface area contributed by atoms with Crippen molar-refractivity contribution < 1.29 is 8.42 Å². The highest BCUT2D eigenvalue weighted by atomic mass is 127. The highest BCUT2D eigenvalue weighted by Crippen LogP contribution is 2.21. The van der Waals surface area contributed by atoms with Gasteiger partial charge in [-0.2, -0.15) is 0 Å². The van der Waals surface area contributed by atoms with Crippen LogP contribution in [0.2, 0.25) is 0 Å². The van der Waals surface area contributed by atoms with Crippen LogP contribution in [0, 0.1) is 5.92 Å². The molecule has 2 aliphatic rings. The average Bonchev–Trinajstić information content (AvgIpc) is 3.26. The number of nitrogens with one attached hydrogen (secondary N) is 2. The van der Waals surface area contributed by atoms with Crippen LogP contribution in [-0.4, -0.2) is 38.5 Å². The molecule has 2 fully saturated rings. The van der Waals surface area contributed by atoms with Crippen molar-refractivity contribution >= 4 is 51.1 Å². The summed E-state index contributed by atoms with van der Waals surface area (Å²) in [5.74, 6) is 1.59. The summed E-state index contributed by atoms with van der Waals surface area (Å²) in [6.07, 6.45) is 5.65. The minimum Gasteiger partial charge on any atom is -0.354 e. The molecule has 2 atom stereocenters. The van der Waals surface area contributed by atoms with Crippen molar-refractivity contribution in [3.8, 4) is 0 Å². The Morgan fingerprint density at radius 1 is 1.36 bits per heavy atom. The number of hydrogen-bond acceptors (Lipinski definition) is 4. The Hall–Kier alpha value is -0.350. The summed E-state index contributed by atoms with van der Waals surface area (Å²) >= 11 is 1.73.